The first-order valence-corrected chi connectivity index (χ1v) is 4.14. The van der Waals surface area contributed by atoms with Crippen LogP contribution in [0.15, 0.2) is 12.3 Å². The lowest BCUT2D eigenvalue weighted by Crippen LogP contribution is -2.02. The van der Waals surface area contributed by atoms with E-state index in [1.54, 1.807) is 0 Å². The van der Waals surface area contributed by atoms with Crippen molar-refractivity contribution in [3.8, 4) is 5.75 Å². The second-order valence-electron chi connectivity index (χ2n) is 3.02. The van der Waals surface area contributed by atoms with Gasteiger partial charge in [-0.2, -0.15) is 4.39 Å². The van der Waals surface area contributed by atoms with E-state index in [2.05, 4.69) is 4.98 Å². The Morgan fingerprint density at radius 1 is 1.64 bits per heavy atom. The molecule has 6 heteroatoms. The van der Waals surface area contributed by atoms with Crippen molar-refractivity contribution >= 4 is 5.82 Å². The van der Waals surface area contributed by atoms with Gasteiger partial charge < -0.3 is 14.9 Å². The molecule has 0 spiro atoms. The molecule has 0 bridgehead atoms. The largest absolute Gasteiger partial charge is 0.487 e. The van der Waals surface area contributed by atoms with E-state index in [0.717, 1.165) is 12.8 Å². The Kier molecular flexibility index (Phi) is 2.03. The molecule has 0 atom stereocenters. The number of hydrogen-bond donors (Lipinski definition) is 0. The Bertz CT molecular complexity index is 379. The summed E-state index contributed by atoms with van der Waals surface area (Å²) in [6.07, 6.45) is 2.91. The van der Waals surface area contributed by atoms with Crippen LogP contribution < -0.4 is 4.74 Å². The Hall–Kier alpha value is -1.72. The van der Waals surface area contributed by atoms with Gasteiger partial charge >= 0.3 is 5.82 Å². The van der Waals surface area contributed by atoms with E-state index in [0.29, 0.717) is 0 Å². The molecule has 5 nitrogen and oxygen atoms in total. The first-order chi connectivity index (χ1) is 6.68. The molecule has 0 radical (unpaired) electrons. The van der Waals surface area contributed by atoms with E-state index in [4.69, 9.17) is 4.74 Å². The highest BCUT2D eigenvalue weighted by molar-refractivity contribution is 5.33. The van der Waals surface area contributed by atoms with Gasteiger partial charge in [0, 0.05) is 6.07 Å². The summed E-state index contributed by atoms with van der Waals surface area (Å²) < 4.78 is 18.4. The zero-order valence-electron chi connectivity index (χ0n) is 7.14. The average molecular weight is 198 g/mol. The minimum absolute atomic E-state index is 0.00602. The summed E-state index contributed by atoms with van der Waals surface area (Å²) in [4.78, 5) is 12.8. The average Bonchev–Trinajstić information content (AvgIpc) is 2.92. The van der Waals surface area contributed by atoms with Crippen LogP contribution in [0.1, 0.15) is 12.8 Å². The number of halogens is 1. The maximum atomic E-state index is 13.3. The summed E-state index contributed by atoms with van der Waals surface area (Å²) in [6.45, 7) is 0. The highest BCUT2D eigenvalue weighted by atomic mass is 19.1. The predicted octanol–water partition coefficient (Wildman–Crippen LogP) is 1.67. The minimum Gasteiger partial charge on any atom is -0.487 e. The lowest BCUT2D eigenvalue weighted by molar-refractivity contribution is -0.392. The monoisotopic (exact) mass is 198 g/mol. The fourth-order valence-corrected chi connectivity index (χ4v) is 0.999. The molecule has 0 saturated heterocycles. The molecule has 74 valence electrons. The van der Waals surface area contributed by atoms with Crippen LogP contribution >= 0.6 is 0 Å². The van der Waals surface area contributed by atoms with Crippen molar-refractivity contribution in [2.75, 3.05) is 0 Å². The van der Waals surface area contributed by atoms with Crippen molar-refractivity contribution < 1.29 is 14.1 Å². The SMILES string of the molecule is O=[N+]([O-])c1nccc(OC2CC2)c1F. The molecule has 2 rings (SSSR count). The molecule has 0 aromatic carbocycles. The first kappa shape index (κ1) is 8.86. The molecule has 1 heterocycles. The van der Waals surface area contributed by atoms with Crippen LogP contribution in [-0.4, -0.2) is 16.0 Å². The zero-order valence-corrected chi connectivity index (χ0v) is 7.14. The maximum Gasteiger partial charge on any atom is 0.403 e. The number of aromatic nitrogens is 1. The smallest absolute Gasteiger partial charge is 0.403 e. The van der Waals surface area contributed by atoms with Crippen molar-refractivity contribution in [1.82, 2.24) is 4.98 Å². The first-order valence-electron chi connectivity index (χ1n) is 4.14. The van der Waals surface area contributed by atoms with Gasteiger partial charge in [-0.05, 0) is 22.7 Å². The predicted molar refractivity (Wildman–Crippen MR) is 44.5 cm³/mol. The van der Waals surface area contributed by atoms with E-state index in [1.807, 2.05) is 0 Å². The maximum absolute atomic E-state index is 13.3. The van der Waals surface area contributed by atoms with Gasteiger partial charge in [-0.3, -0.25) is 0 Å². The van der Waals surface area contributed by atoms with Crippen LogP contribution in [-0.2, 0) is 0 Å². The minimum atomic E-state index is -0.996. The fourth-order valence-electron chi connectivity index (χ4n) is 0.999. The van der Waals surface area contributed by atoms with E-state index in [9.17, 15) is 14.5 Å². The summed E-state index contributed by atoms with van der Waals surface area (Å²) in [5, 5.41) is 10.3. The van der Waals surface area contributed by atoms with Crippen LogP contribution in [0.3, 0.4) is 0 Å². The van der Waals surface area contributed by atoms with Gasteiger partial charge in [0.15, 0.2) is 5.75 Å². The molecule has 0 N–H and O–H groups in total. The number of nitro groups is 1. The van der Waals surface area contributed by atoms with Crippen molar-refractivity contribution in [3.05, 3.63) is 28.2 Å². The summed E-state index contributed by atoms with van der Waals surface area (Å²) in [6, 6.07) is 1.29. The standard InChI is InChI=1S/C8H7FN2O3/c9-7-6(14-5-1-2-5)3-4-10-8(7)11(12)13/h3-5H,1-2H2. The summed E-state index contributed by atoms with van der Waals surface area (Å²) >= 11 is 0. The molecule has 1 aromatic rings. The van der Waals surface area contributed by atoms with Crippen LogP contribution in [0.4, 0.5) is 10.2 Å². The molecule has 14 heavy (non-hydrogen) atoms. The molecule has 1 fully saturated rings. The molecular formula is C8H7FN2O3. The second-order valence-corrected chi connectivity index (χ2v) is 3.02. The molecular weight excluding hydrogens is 191 g/mol. The summed E-state index contributed by atoms with van der Waals surface area (Å²) in [7, 11) is 0. The Labute approximate surface area is 78.7 Å². The Morgan fingerprint density at radius 3 is 2.93 bits per heavy atom. The van der Waals surface area contributed by atoms with E-state index in [1.165, 1.54) is 12.3 Å². The molecule has 0 amide bonds. The topological polar surface area (TPSA) is 65.3 Å². The Balaban J connectivity index is 2.30. The van der Waals surface area contributed by atoms with Gasteiger partial charge in [-0.15, -0.1) is 0 Å². The number of hydrogen-bond acceptors (Lipinski definition) is 4. The van der Waals surface area contributed by atoms with Gasteiger partial charge in [0.05, 0.1) is 6.10 Å². The molecule has 1 aliphatic rings. The molecule has 1 aromatic heterocycles. The molecule has 1 saturated carbocycles. The van der Waals surface area contributed by atoms with E-state index in [-0.39, 0.29) is 11.9 Å². The zero-order chi connectivity index (χ0) is 10.1. The molecule has 0 unspecified atom stereocenters. The third kappa shape index (κ3) is 1.63. The van der Waals surface area contributed by atoms with Crippen molar-refractivity contribution in [1.29, 1.82) is 0 Å². The molecule has 1 aliphatic carbocycles. The lowest BCUT2D eigenvalue weighted by atomic mass is 10.4. The number of rotatable bonds is 3. The summed E-state index contributed by atoms with van der Waals surface area (Å²) in [5.41, 5.74) is 0. The highest BCUT2D eigenvalue weighted by Gasteiger charge is 2.28. The third-order valence-electron chi connectivity index (χ3n) is 1.83. The molecule has 0 aliphatic heterocycles. The highest BCUT2D eigenvalue weighted by Crippen LogP contribution is 2.30. The van der Waals surface area contributed by atoms with Crippen LogP contribution in [0.5, 0.6) is 5.75 Å². The van der Waals surface area contributed by atoms with E-state index < -0.39 is 16.6 Å². The quantitative estimate of drug-likeness (QED) is 0.547. The van der Waals surface area contributed by atoms with Gasteiger partial charge in [0.25, 0.3) is 5.82 Å². The van der Waals surface area contributed by atoms with Crippen molar-refractivity contribution in [2.24, 2.45) is 0 Å². The fraction of sp³-hybridized carbons (Fsp3) is 0.375. The third-order valence-corrected chi connectivity index (χ3v) is 1.83. The number of ether oxygens (including phenoxy) is 1. The van der Waals surface area contributed by atoms with Crippen molar-refractivity contribution in [3.63, 3.8) is 0 Å². The van der Waals surface area contributed by atoms with E-state index >= 15 is 0 Å². The lowest BCUT2D eigenvalue weighted by Gasteiger charge is -2.03. The second kappa shape index (κ2) is 3.21. The van der Waals surface area contributed by atoms with Crippen LogP contribution in [0, 0.1) is 15.9 Å². The van der Waals surface area contributed by atoms with Gasteiger partial charge in [0.2, 0.25) is 0 Å². The Morgan fingerprint density at radius 2 is 2.36 bits per heavy atom. The van der Waals surface area contributed by atoms with Gasteiger partial charge in [-0.1, -0.05) is 0 Å². The van der Waals surface area contributed by atoms with Crippen LogP contribution in [0.25, 0.3) is 0 Å². The van der Waals surface area contributed by atoms with Crippen LogP contribution in [0.2, 0.25) is 0 Å². The van der Waals surface area contributed by atoms with Crippen molar-refractivity contribution in [2.45, 2.75) is 18.9 Å². The normalized spacial score (nSPS) is 15.2. The number of nitrogens with zero attached hydrogens (tertiary/aromatic N) is 2. The number of pyridine rings is 1. The van der Waals surface area contributed by atoms with Gasteiger partial charge in [0.1, 0.15) is 6.20 Å². The summed E-state index contributed by atoms with van der Waals surface area (Å²) in [5.74, 6) is -1.87. The van der Waals surface area contributed by atoms with Gasteiger partial charge in [-0.25, -0.2) is 0 Å².